The number of rotatable bonds is 3. The van der Waals surface area contributed by atoms with E-state index in [-0.39, 0.29) is 18.5 Å². The van der Waals surface area contributed by atoms with Crippen LogP contribution in [-0.2, 0) is 6.54 Å². The van der Waals surface area contributed by atoms with Crippen molar-refractivity contribution in [1.29, 1.82) is 0 Å². The lowest BCUT2D eigenvalue weighted by Crippen LogP contribution is -2.34. The molecule has 0 amide bonds. The van der Waals surface area contributed by atoms with Gasteiger partial charge in [0, 0.05) is 22.6 Å². The number of hydrogen-bond donors (Lipinski definition) is 1. The Labute approximate surface area is 110 Å². The zero-order valence-corrected chi connectivity index (χ0v) is 11.5. The van der Waals surface area contributed by atoms with E-state index in [9.17, 15) is 9.50 Å². The summed E-state index contributed by atoms with van der Waals surface area (Å²) < 4.78 is 14.5. The maximum atomic E-state index is 13.7. The first-order valence-corrected chi connectivity index (χ1v) is 6.70. The number of benzene rings is 1. The van der Waals surface area contributed by atoms with E-state index in [0.29, 0.717) is 18.0 Å². The number of hydrogen-bond acceptors (Lipinski definition) is 2. The summed E-state index contributed by atoms with van der Waals surface area (Å²) in [5.41, 5.74) is 0.695. The van der Waals surface area contributed by atoms with Crippen LogP contribution >= 0.6 is 15.9 Å². The van der Waals surface area contributed by atoms with E-state index < -0.39 is 0 Å². The molecule has 1 N–H and O–H groups in total. The van der Waals surface area contributed by atoms with Crippen LogP contribution in [0.3, 0.4) is 0 Å². The van der Waals surface area contributed by atoms with Crippen LogP contribution in [0.1, 0.15) is 18.9 Å². The number of aliphatic hydroxyl groups excluding tert-OH is 1. The average molecular weight is 302 g/mol. The van der Waals surface area contributed by atoms with Gasteiger partial charge >= 0.3 is 0 Å². The molecule has 17 heavy (non-hydrogen) atoms. The zero-order chi connectivity index (χ0) is 12.4. The molecule has 4 heteroatoms. The fourth-order valence-corrected chi connectivity index (χ4v) is 2.78. The largest absolute Gasteiger partial charge is 0.395 e. The van der Waals surface area contributed by atoms with E-state index in [1.165, 1.54) is 6.07 Å². The summed E-state index contributed by atoms with van der Waals surface area (Å²) >= 11 is 3.25. The van der Waals surface area contributed by atoms with E-state index in [0.717, 1.165) is 17.4 Å². The van der Waals surface area contributed by atoms with Crippen LogP contribution in [0.4, 0.5) is 4.39 Å². The normalized spacial score (nSPS) is 25.4. The highest BCUT2D eigenvalue weighted by Gasteiger charge is 2.30. The van der Waals surface area contributed by atoms with Crippen LogP contribution in [0, 0.1) is 11.7 Å². The summed E-state index contributed by atoms with van der Waals surface area (Å²) in [6.07, 6.45) is 1.07. The lowest BCUT2D eigenvalue weighted by atomic mass is 10.0. The first-order chi connectivity index (χ1) is 8.11. The van der Waals surface area contributed by atoms with Gasteiger partial charge in [-0.15, -0.1) is 0 Å². The maximum Gasteiger partial charge on any atom is 0.128 e. The van der Waals surface area contributed by atoms with Gasteiger partial charge in [-0.3, -0.25) is 4.90 Å². The summed E-state index contributed by atoms with van der Waals surface area (Å²) in [6, 6.07) is 5.31. The van der Waals surface area contributed by atoms with Crippen molar-refractivity contribution in [2.24, 2.45) is 5.92 Å². The van der Waals surface area contributed by atoms with E-state index in [2.05, 4.69) is 27.8 Å². The molecular formula is C13H17BrFNO. The molecule has 2 nitrogen and oxygen atoms in total. The summed E-state index contributed by atoms with van der Waals surface area (Å²) in [5.74, 6) is 0.300. The molecule has 1 aliphatic rings. The second-order valence-corrected chi connectivity index (χ2v) is 5.64. The molecule has 1 aromatic rings. The maximum absolute atomic E-state index is 13.7. The lowest BCUT2D eigenvalue weighted by molar-refractivity contribution is 0.133. The van der Waals surface area contributed by atoms with Gasteiger partial charge < -0.3 is 5.11 Å². The van der Waals surface area contributed by atoms with Crippen molar-refractivity contribution in [3.8, 4) is 0 Å². The Morgan fingerprint density at radius 1 is 1.53 bits per heavy atom. The van der Waals surface area contributed by atoms with Crippen LogP contribution in [0.15, 0.2) is 22.7 Å². The molecule has 1 heterocycles. The minimum Gasteiger partial charge on any atom is -0.395 e. The number of nitrogens with zero attached hydrogens (tertiary/aromatic N) is 1. The Morgan fingerprint density at radius 3 is 2.94 bits per heavy atom. The van der Waals surface area contributed by atoms with Crippen molar-refractivity contribution >= 4 is 15.9 Å². The third kappa shape index (κ3) is 2.87. The third-order valence-electron chi connectivity index (χ3n) is 3.57. The van der Waals surface area contributed by atoms with Crippen LogP contribution in [0.25, 0.3) is 0 Å². The predicted molar refractivity (Wildman–Crippen MR) is 69.2 cm³/mol. The Bertz CT molecular complexity index is 399. The van der Waals surface area contributed by atoms with Crippen LogP contribution in [0.5, 0.6) is 0 Å². The molecular weight excluding hydrogens is 285 g/mol. The van der Waals surface area contributed by atoms with Gasteiger partial charge in [0.25, 0.3) is 0 Å². The highest BCUT2D eigenvalue weighted by molar-refractivity contribution is 9.10. The summed E-state index contributed by atoms with van der Waals surface area (Å²) in [6.45, 7) is 3.80. The highest BCUT2D eigenvalue weighted by atomic mass is 79.9. The Hall–Kier alpha value is -0.450. The topological polar surface area (TPSA) is 23.5 Å². The quantitative estimate of drug-likeness (QED) is 0.928. The van der Waals surface area contributed by atoms with Gasteiger partial charge in [-0.05, 0) is 31.0 Å². The number of aliphatic hydroxyl groups is 1. The molecule has 2 rings (SSSR count). The van der Waals surface area contributed by atoms with Crippen molar-refractivity contribution in [2.45, 2.75) is 25.9 Å². The first kappa shape index (κ1) is 13.0. The molecule has 0 spiro atoms. The van der Waals surface area contributed by atoms with Gasteiger partial charge in [-0.1, -0.05) is 28.9 Å². The fraction of sp³-hybridized carbons (Fsp3) is 0.538. The second kappa shape index (κ2) is 5.46. The molecule has 1 aromatic carbocycles. The molecule has 0 aliphatic carbocycles. The molecule has 94 valence electrons. The Morgan fingerprint density at radius 2 is 2.29 bits per heavy atom. The molecule has 0 saturated carbocycles. The van der Waals surface area contributed by atoms with Crippen molar-refractivity contribution in [3.05, 3.63) is 34.1 Å². The lowest BCUT2D eigenvalue weighted by Gasteiger charge is -2.25. The van der Waals surface area contributed by atoms with E-state index >= 15 is 0 Å². The zero-order valence-electron chi connectivity index (χ0n) is 9.87. The molecule has 0 aromatic heterocycles. The summed E-state index contributed by atoms with van der Waals surface area (Å²) in [4.78, 5) is 2.16. The average Bonchev–Trinajstić information content (AvgIpc) is 2.63. The highest BCUT2D eigenvalue weighted by Crippen LogP contribution is 2.26. The van der Waals surface area contributed by atoms with Gasteiger partial charge in [0.1, 0.15) is 5.82 Å². The van der Waals surface area contributed by atoms with Gasteiger partial charge in [-0.2, -0.15) is 0 Å². The van der Waals surface area contributed by atoms with Gasteiger partial charge in [0.05, 0.1) is 6.61 Å². The van der Waals surface area contributed by atoms with E-state index in [1.54, 1.807) is 6.07 Å². The summed E-state index contributed by atoms with van der Waals surface area (Å²) in [7, 11) is 0. The number of likely N-dealkylation sites (tertiary alicyclic amines) is 1. The van der Waals surface area contributed by atoms with Crippen molar-refractivity contribution in [3.63, 3.8) is 0 Å². The molecule has 1 fully saturated rings. The van der Waals surface area contributed by atoms with E-state index in [4.69, 9.17) is 0 Å². The standard InChI is InChI=1S/C13H17BrFNO/c1-9-4-5-16(13(9)8-17)7-10-2-3-11(14)6-12(10)15/h2-3,6,9,13,17H,4-5,7-8H2,1H3. The molecule has 1 saturated heterocycles. The molecule has 2 unspecified atom stereocenters. The SMILES string of the molecule is CC1CCN(Cc2ccc(Br)cc2F)C1CO. The summed E-state index contributed by atoms with van der Waals surface area (Å²) in [5, 5.41) is 9.36. The molecule has 0 radical (unpaired) electrons. The molecule has 2 atom stereocenters. The smallest absolute Gasteiger partial charge is 0.128 e. The Balaban J connectivity index is 2.10. The van der Waals surface area contributed by atoms with Crippen molar-refractivity contribution in [2.75, 3.05) is 13.2 Å². The minimum absolute atomic E-state index is 0.152. The number of halogens is 2. The third-order valence-corrected chi connectivity index (χ3v) is 4.07. The van der Waals surface area contributed by atoms with Gasteiger partial charge in [-0.25, -0.2) is 4.39 Å². The molecule has 1 aliphatic heterocycles. The van der Waals surface area contributed by atoms with Crippen molar-refractivity contribution < 1.29 is 9.50 Å². The monoisotopic (exact) mass is 301 g/mol. The van der Waals surface area contributed by atoms with Crippen LogP contribution < -0.4 is 0 Å². The van der Waals surface area contributed by atoms with Crippen LogP contribution in [-0.4, -0.2) is 29.2 Å². The predicted octanol–water partition coefficient (Wildman–Crippen LogP) is 2.79. The van der Waals surface area contributed by atoms with Crippen molar-refractivity contribution in [1.82, 2.24) is 4.90 Å². The molecule has 0 bridgehead atoms. The van der Waals surface area contributed by atoms with E-state index in [1.807, 2.05) is 6.07 Å². The minimum atomic E-state index is -0.185. The van der Waals surface area contributed by atoms with Gasteiger partial charge in [0.15, 0.2) is 0 Å². The second-order valence-electron chi connectivity index (χ2n) is 4.72. The first-order valence-electron chi connectivity index (χ1n) is 5.90. The fourth-order valence-electron chi connectivity index (χ4n) is 2.45. The Kier molecular flexibility index (Phi) is 4.17. The van der Waals surface area contributed by atoms with Gasteiger partial charge in [0.2, 0.25) is 0 Å². The van der Waals surface area contributed by atoms with Crippen LogP contribution in [0.2, 0.25) is 0 Å².